The fourth-order valence-corrected chi connectivity index (χ4v) is 6.18. The second-order valence-electron chi connectivity index (χ2n) is 8.60. The lowest BCUT2D eigenvalue weighted by Gasteiger charge is -2.36. The average molecular weight is 448 g/mol. The number of nitrogens with zero attached hydrogens (tertiary/aromatic N) is 3. The summed E-state index contributed by atoms with van der Waals surface area (Å²) < 4.78 is 28.3. The lowest BCUT2D eigenvalue weighted by molar-refractivity contribution is 0.249. The fourth-order valence-electron chi connectivity index (χ4n) is 4.69. The number of rotatable bonds is 5. The molecule has 0 atom stereocenters. The number of hydrogen-bond acceptors (Lipinski definition) is 4. The van der Waals surface area contributed by atoms with Gasteiger partial charge in [-0.25, -0.2) is 8.42 Å². The van der Waals surface area contributed by atoms with Gasteiger partial charge in [0.2, 0.25) is 10.0 Å². The van der Waals surface area contributed by atoms with Crippen LogP contribution in [-0.4, -0.2) is 50.3 Å². The second kappa shape index (κ2) is 9.06. The molecule has 1 saturated heterocycles. The molecule has 0 aromatic heterocycles. The van der Waals surface area contributed by atoms with Gasteiger partial charge in [0.05, 0.1) is 4.90 Å². The van der Waals surface area contributed by atoms with Gasteiger partial charge in [0.15, 0.2) is 0 Å². The van der Waals surface area contributed by atoms with E-state index in [1.807, 2.05) is 42.5 Å². The van der Waals surface area contributed by atoms with Crippen LogP contribution in [0.15, 0.2) is 83.8 Å². The van der Waals surface area contributed by atoms with Crippen molar-refractivity contribution >= 4 is 15.7 Å². The number of hydrogen-bond donors (Lipinski definition) is 0. The van der Waals surface area contributed by atoms with Gasteiger partial charge in [-0.3, -0.25) is 4.90 Å². The number of piperazine rings is 1. The molecule has 0 unspecified atom stereocenters. The topological polar surface area (TPSA) is 43.9 Å². The maximum Gasteiger partial charge on any atom is 0.243 e. The minimum absolute atomic E-state index is 0.400. The Bertz CT molecular complexity index is 1170. The minimum atomic E-state index is -3.51. The Morgan fingerprint density at radius 1 is 0.719 bits per heavy atom. The predicted molar refractivity (Wildman–Crippen MR) is 128 cm³/mol. The van der Waals surface area contributed by atoms with Crippen LogP contribution in [0.1, 0.15) is 16.7 Å². The van der Waals surface area contributed by atoms with Gasteiger partial charge in [-0.2, -0.15) is 4.31 Å². The molecular weight excluding hydrogens is 418 g/mol. The van der Waals surface area contributed by atoms with Gasteiger partial charge in [0, 0.05) is 51.5 Å². The summed E-state index contributed by atoms with van der Waals surface area (Å²) in [6.45, 7) is 5.65. The Morgan fingerprint density at radius 2 is 1.44 bits per heavy atom. The summed E-state index contributed by atoms with van der Waals surface area (Å²) in [7, 11) is -3.51. The first-order valence-corrected chi connectivity index (χ1v) is 12.7. The van der Waals surface area contributed by atoms with Crippen LogP contribution in [0.4, 0.5) is 5.69 Å². The van der Waals surface area contributed by atoms with Crippen molar-refractivity contribution in [3.63, 3.8) is 0 Å². The Labute approximate surface area is 190 Å². The number of anilines is 1. The molecule has 1 fully saturated rings. The largest absolute Gasteiger partial charge is 0.369 e. The third kappa shape index (κ3) is 4.44. The molecule has 0 saturated carbocycles. The maximum atomic E-state index is 13.3. The molecule has 2 heterocycles. The first-order chi connectivity index (χ1) is 15.6. The van der Waals surface area contributed by atoms with E-state index in [4.69, 9.17) is 0 Å². The van der Waals surface area contributed by atoms with E-state index in [-0.39, 0.29) is 0 Å². The highest BCUT2D eigenvalue weighted by Crippen LogP contribution is 2.26. The molecule has 0 aliphatic carbocycles. The molecule has 32 heavy (non-hydrogen) atoms. The van der Waals surface area contributed by atoms with Crippen LogP contribution in [-0.2, 0) is 29.5 Å². The molecule has 5 rings (SSSR count). The summed E-state index contributed by atoms with van der Waals surface area (Å²) in [5.74, 6) is 0. The molecule has 3 aromatic rings. The molecule has 0 bridgehead atoms. The molecule has 0 amide bonds. The maximum absolute atomic E-state index is 13.3. The molecule has 0 spiro atoms. The predicted octanol–water partition coefficient (Wildman–Crippen LogP) is 3.76. The van der Waals surface area contributed by atoms with E-state index in [0.717, 1.165) is 50.3 Å². The Kier molecular flexibility index (Phi) is 6.00. The Morgan fingerprint density at radius 3 is 2.22 bits per heavy atom. The monoisotopic (exact) mass is 447 g/mol. The summed E-state index contributed by atoms with van der Waals surface area (Å²) in [4.78, 5) is 5.21. The quantitative estimate of drug-likeness (QED) is 0.598. The summed E-state index contributed by atoms with van der Waals surface area (Å²) in [5, 5.41) is 0. The standard InChI is InChI=1S/C26H29N3O2S/c30-32(31,29-14-13-23-8-4-5-9-24(23)21-29)26-12-6-7-22(19-26)20-27-15-17-28(18-16-27)25-10-2-1-3-11-25/h1-12,19H,13-18,20-21H2. The molecule has 0 N–H and O–H groups in total. The van der Waals surface area contributed by atoms with E-state index in [9.17, 15) is 8.42 Å². The van der Waals surface area contributed by atoms with E-state index in [1.54, 1.807) is 10.4 Å². The van der Waals surface area contributed by atoms with Crippen molar-refractivity contribution in [3.05, 3.63) is 95.6 Å². The van der Waals surface area contributed by atoms with E-state index >= 15 is 0 Å². The summed E-state index contributed by atoms with van der Waals surface area (Å²) >= 11 is 0. The van der Waals surface area contributed by atoms with Crippen LogP contribution in [0.3, 0.4) is 0 Å². The zero-order chi connectivity index (χ0) is 22.0. The van der Waals surface area contributed by atoms with Gasteiger partial charge in [-0.05, 0) is 47.4 Å². The molecule has 5 nitrogen and oxygen atoms in total. The SMILES string of the molecule is O=S(=O)(c1cccc(CN2CCN(c3ccccc3)CC2)c1)N1CCc2ccccc2C1. The molecule has 166 valence electrons. The van der Waals surface area contributed by atoms with Crippen molar-refractivity contribution in [3.8, 4) is 0 Å². The highest BCUT2D eigenvalue weighted by Gasteiger charge is 2.28. The van der Waals surface area contributed by atoms with Crippen molar-refractivity contribution in [1.82, 2.24) is 9.21 Å². The second-order valence-corrected chi connectivity index (χ2v) is 10.5. The number of benzene rings is 3. The van der Waals surface area contributed by atoms with Crippen molar-refractivity contribution in [2.24, 2.45) is 0 Å². The van der Waals surface area contributed by atoms with Gasteiger partial charge in [0.1, 0.15) is 0 Å². The highest BCUT2D eigenvalue weighted by atomic mass is 32.2. The van der Waals surface area contributed by atoms with Crippen molar-refractivity contribution in [2.75, 3.05) is 37.6 Å². The molecule has 6 heteroatoms. The third-order valence-corrected chi connectivity index (χ3v) is 8.37. The van der Waals surface area contributed by atoms with Gasteiger partial charge in [-0.1, -0.05) is 54.6 Å². The molecular formula is C26H29N3O2S. The van der Waals surface area contributed by atoms with Crippen molar-refractivity contribution in [1.29, 1.82) is 0 Å². The highest BCUT2D eigenvalue weighted by molar-refractivity contribution is 7.89. The molecule has 2 aliphatic heterocycles. The molecule has 0 radical (unpaired) electrons. The van der Waals surface area contributed by atoms with Crippen LogP contribution < -0.4 is 4.90 Å². The van der Waals surface area contributed by atoms with Crippen molar-refractivity contribution < 1.29 is 8.42 Å². The zero-order valence-electron chi connectivity index (χ0n) is 18.2. The smallest absolute Gasteiger partial charge is 0.243 e. The van der Waals surface area contributed by atoms with E-state index in [2.05, 4.69) is 40.1 Å². The fraction of sp³-hybridized carbons (Fsp3) is 0.308. The van der Waals surface area contributed by atoms with Gasteiger partial charge >= 0.3 is 0 Å². The summed E-state index contributed by atoms with van der Waals surface area (Å²) in [6, 6.07) is 26.1. The van der Waals surface area contributed by atoms with Gasteiger partial charge in [0.25, 0.3) is 0 Å². The van der Waals surface area contributed by atoms with Crippen LogP contribution in [0, 0.1) is 0 Å². The van der Waals surface area contributed by atoms with E-state index in [1.165, 1.54) is 11.3 Å². The van der Waals surface area contributed by atoms with Crippen LogP contribution in [0.25, 0.3) is 0 Å². The average Bonchev–Trinajstić information content (AvgIpc) is 2.85. The summed E-state index contributed by atoms with van der Waals surface area (Å²) in [5.41, 5.74) is 4.68. The van der Waals surface area contributed by atoms with Gasteiger partial charge < -0.3 is 4.90 Å². The number of para-hydroxylation sites is 1. The first kappa shape index (κ1) is 21.2. The van der Waals surface area contributed by atoms with E-state index in [0.29, 0.717) is 18.0 Å². The Balaban J connectivity index is 1.25. The van der Waals surface area contributed by atoms with E-state index < -0.39 is 10.0 Å². The minimum Gasteiger partial charge on any atom is -0.369 e. The zero-order valence-corrected chi connectivity index (χ0v) is 19.0. The summed E-state index contributed by atoms with van der Waals surface area (Å²) in [6.07, 6.45) is 0.765. The first-order valence-electron chi connectivity index (χ1n) is 11.3. The molecule has 2 aliphatic rings. The van der Waals surface area contributed by atoms with Crippen LogP contribution >= 0.6 is 0 Å². The Hall–Kier alpha value is -2.67. The lowest BCUT2D eigenvalue weighted by Crippen LogP contribution is -2.45. The third-order valence-electron chi connectivity index (χ3n) is 6.53. The number of sulfonamides is 1. The number of fused-ring (bicyclic) bond motifs is 1. The lowest BCUT2D eigenvalue weighted by atomic mass is 10.0. The van der Waals surface area contributed by atoms with Gasteiger partial charge in [-0.15, -0.1) is 0 Å². The molecule has 3 aromatic carbocycles. The van der Waals surface area contributed by atoms with Crippen LogP contribution in [0.2, 0.25) is 0 Å². The van der Waals surface area contributed by atoms with Crippen molar-refractivity contribution in [2.45, 2.75) is 24.4 Å². The van der Waals surface area contributed by atoms with Crippen LogP contribution in [0.5, 0.6) is 0 Å². The normalized spacial score (nSPS) is 17.8.